The van der Waals surface area contributed by atoms with Crippen molar-refractivity contribution >= 4 is 29.9 Å². The van der Waals surface area contributed by atoms with E-state index >= 15 is 0 Å². The van der Waals surface area contributed by atoms with Crippen LogP contribution in [0.5, 0.6) is 0 Å². The Labute approximate surface area is 180 Å². The highest BCUT2D eigenvalue weighted by atomic mass is 127. The number of halogens is 1. The normalized spacial score (nSPS) is 21.2. The molecular weight excluding hydrogens is 453 g/mol. The molecule has 0 saturated carbocycles. The summed E-state index contributed by atoms with van der Waals surface area (Å²) in [5, 5.41) is 3.54. The van der Waals surface area contributed by atoms with Crippen LogP contribution in [0.1, 0.15) is 43.7 Å². The molecule has 2 heterocycles. The van der Waals surface area contributed by atoms with E-state index in [4.69, 9.17) is 9.47 Å². The molecule has 2 aliphatic heterocycles. The first-order valence-electron chi connectivity index (χ1n) is 10.1. The fourth-order valence-electron chi connectivity index (χ4n) is 3.83. The van der Waals surface area contributed by atoms with Gasteiger partial charge in [-0.15, -0.1) is 24.0 Å². The molecule has 0 aromatic heterocycles. The third kappa shape index (κ3) is 6.61. The number of nitrogens with one attached hydrogen (secondary N) is 1. The zero-order chi connectivity index (χ0) is 18.2. The minimum Gasteiger partial charge on any atom is -0.376 e. The second kappa shape index (κ2) is 11.9. The highest BCUT2D eigenvalue weighted by Crippen LogP contribution is 2.18. The van der Waals surface area contributed by atoms with E-state index in [1.807, 2.05) is 7.05 Å². The largest absolute Gasteiger partial charge is 0.376 e. The molecule has 0 spiro atoms. The molecule has 2 fully saturated rings. The molecule has 1 aromatic carbocycles. The van der Waals surface area contributed by atoms with Crippen LogP contribution in [0.4, 0.5) is 0 Å². The number of hydrogen-bond acceptors (Lipinski definition) is 3. The summed E-state index contributed by atoms with van der Waals surface area (Å²) in [6, 6.07) is 8.62. The van der Waals surface area contributed by atoms with Gasteiger partial charge in [0.05, 0.1) is 18.8 Å². The van der Waals surface area contributed by atoms with Crippen molar-refractivity contribution in [2.75, 3.05) is 33.4 Å². The van der Waals surface area contributed by atoms with Crippen molar-refractivity contribution in [2.24, 2.45) is 4.99 Å². The maximum Gasteiger partial charge on any atom is 0.193 e. The number of aryl methyl sites for hydroxylation is 1. The molecule has 0 aliphatic carbocycles. The van der Waals surface area contributed by atoms with Crippen molar-refractivity contribution in [3.8, 4) is 0 Å². The second-order valence-corrected chi connectivity index (χ2v) is 7.18. The lowest BCUT2D eigenvalue weighted by atomic mass is 10.1. The van der Waals surface area contributed by atoms with Crippen LogP contribution in [0.25, 0.3) is 0 Å². The standard InChI is InChI=1S/C21H33N3O2.HI/c1-3-17-7-4-5-8-18(17)15-23-21(22-2)24-12-10-19(11-13-24)26-16-20-9-6-14-25-20;/h4-5,7-8,19-20H,3,6,9-16H2,1-2H3,(H,22,23);1H. The van der Waals surface area contributed by atoms with E-state index < -0.39 is 0 Å². The van der Waals surface area contributed by atoms with Crippen LogP contribution in [0.15, 0.2) is 29.3 Å². The molecule has 2 aliphatic rings. The summed E-state index contributed by atoms with van der Waals surface area (Å²) >= 11 is 0. The minimum absolute atomic E-state index is 0. The fourth-order valence-corrected chi connectivity index (χ4v) is 3.83. The van der Waals surface area contributed by atoms with Crippen LogP contribution in [-0.4, -0.2) is 56.4 Å². The van der Waals surface area contributed by atoms with Gasteiger partial charge in [-0.1, -0.05) is 31.2 Å². The maximum absolute atomic E-state index is 6.08. The molecule has 5 nitrogen and oxygen atoms in total. The van der Waals surface area contributed by atoms with Gasteiger partial charge in [-0.3, -0.25) is 4.99 Å². The SMILES string of the molecule is CCc1ccccc1CNC(=NC)N1CCC(OCC2CCCO2)CC1.I. The summed E-state index contributed by atoms with van der Waals surface area (Å²) in [5.41, 5.74) is 2.75. The zero-order valence-electron chi connectivity index (χ0n) is 16.7. The number of aliphatic imine (C=N–C) groups is 1. The van der Waals surface area contributed by atoms with E-state index in [0.717, 1.165) is 64.5 Å². The van der Waals surface area contributed by atoms with Gasteiger partial charge in [0.1, 0.15) is 0 Å². The number of guanidine groups is 1. The predicted molar refractivity (Wildman–Crippen MR) is 121 cm³/mol. The van der Waals surface area contributed by atoms with Gasteiger partial charge < -0.3 is 19.7 Å². The average Bonchev–Trinajstić information content (AvgIpc) is 3.21. The summed E-state index contributed by atoms with van der Waals surface area (Å²) in [5.74, 6) is 0.994. The van der Waals surface area contributed by atoms with Crippen LogP contribution in [0.3, 0.4) is 0 Å². The topological polar surface area (TPSA) is 46.1 Å². The van der Waals surface area contributed by atoms with Crippen LogP contribution < -0.4 is 5.32 Å². The summed E-state index contributed by atoms with van der Waals surface area (Å²) < 4.78 is 11.7. The molecule has 0 radical (unpaired) electrons. The van der Waals surface area contributed by atoms with Crippen LogP contribution in [0, 0.1) is 0 Å². The van der Waals surface area contributed by atoms with Crippen molar-refractivity contribution < 1.29 is 9.47 Å². The number of benzene rings is 1. The third-order valence-electron chi connectivity index (χ3n) is 5.43. The Morgan fingerprint density at radius 1 is 1.22 bits per heavy atom. The Balaban J connectivity index is 0.00000261. The van der Waals surface area contributed by atoms with Gasteiger partial charge in [-0.25, -0.2) is 0 Å². The Bertz CT molecular complexity index is 583. The van der Waals surface area contributed by atoms with Gasteiger partial charge in [-0.05, 0) is 43.2 Å². The van der Waals surface area contributed by atoms with Gasteiger partial charge >= 0.3 is 0 Å². The van der Waals surface area contributed by atoms with Gasteiger partial charge in [0.2, 0.25) is 0 Å². The molecule has 152 valence electrons. The first kappa shape index (κ1) is 22.4. The lowest BCUT2D eigenvalue weighted by Crippen LogP contribution is -2.47. The Hall–Kier alpha value is -0.860. The monoisotopic (exact) mass is 487 g/mol. The molecular formula is C21H34IN3O2. The van der Waals surface area contributed by atoms with E-state index in [2.05, 4.69) is 46.4 Å². The van der Waals surface area contributed by atoms with E-state index in [-0.39, 0.29) is 24.0 Å². The van der Waals surface area contributed by atoms with Crippen molar-refractivity contribution in [1.29, 1.82) is 0 Å². The third-order valence-corrected chi connectivity index (χ3v) is 5.43. The first-order valence-corrected chi connectivity index (χ1v) is 10.1. The zero-order valence-corrected chi connectivity index (χ0v) is 19.0. The van der Waals surface area contributed by atoms with Crippen molar-refractivity contribution in [3.05, 3.63) is 35.4 Å². The molecule has 1 aromatic rings. The number of rotatable bonds is 6. The van der Waals surface area contributed by atoms with Crippen LogP contribution in [0.2, 0.25) is 0 Å². The summed E-state index contributed by atoms with van der Waals surface area (Å²) in [7, 11) is 1.87. The Morgan fingerprint density at radius 2 is 1.96 bits per heavy atom. The highest BCUT2D eigenvalue weighted by Gasteiger charge is 2.24. The highest BCUT2D eigenvalue weighted by molar-refractivity contribution is 14.0. The van der Waals surface area contributed by atoms with Gasteiger partial charge in [0.15, 0.2) is 5.96 Å². The van der Waals surface area contributed by atoms with Crippen molar-refractivity contribution in [3.63, 3.8) is 0 Å². The number of hydrogen-bond donors (Lipinski definition) is 1. The number of nitrogens with zero attached hydrogens (tertiary/aromatic N) is 2. The molecule has 1 unspecified atom stereocenters. The molecule has 27 heavy (non-hydrogen) atoms. The van der Waals surface area contributed by atoms with Gasteiger partial charge in [-0.2, -0.15) is 0 Å². The molecule has 2 saturated heterocycles. The molecule has 1 N–H and O–H groups in total. The summed E-state index contributed by atoms with van der Waals surface area (Å²) in [6.07, 6.45) is 6.17. The van der Waals surface area contributed by atoms with Gasteiger partial charge in [0.25, 0.3) is 0 Å². The van der Waals surface area contributed by atoms with Crippen molar-refractivity contribution in [1.82, 2.24) is 10.2 Å². The van der Waals surface area contributed by atoms with E-state index in [1.54, 1.807) is 0 Å². The number of ether oxygens (including phenoxy) is 2. The summed E-state index contributed by atoms with van der Waals surface area (Å²) in [4.78, 5) is 6.83. The van der Waals surface area contributed by atoms with Gasteiger partial charge in [0, 0.05) is 33.3 Å². The van der Waals surface area contributed by atoms with E-state index in [1.165, 1.54) is 17.5 Å². The Kier molecular flexibility index (Phi) is 9.86. The van der Waals surface area contributed by atoms with Crippen molar-refractivity contribution in [2.45, 2.75) is 57.8 Å². The maximum atomic E-state index is 6.08. The molecule has 0 amide bonds. The minimum atomic E-state index is 0. The number of piperidine rings is 1. The lowest BCUT2D eigenvalue weighted by Gasteiger charge is -2.34. The quantitative estimate of drug-likeness (QED) is 0.379. The van der Waals surface area contributed by atoms with Crippen LogP contribution in [-0.2, 0) is 22.4 Å². The average molecular weight is 487 g/mol. The molecule has 6 heteroatoms. The lowest BCUT2D eigenvalue weighted by molar-refractivity contribution is -0.0367. The van der Waals surface area contributed by atoms with E-state index in [9.17, 15) is 0 Å². The Morgan fingerprint density at radius 3 is 2.59 bits per heavy atom. The smallest absolute Gasteiger partial charge is 0.193 e. The predicted octanol–water partition coefficient (Wildman–Crippen LogP) is 3.60. The second-order valence-electron chi connectivity index (χ2n) is 7.18. The fraction of sp³-hybridized carbons (Fsp3) is 0.667. The number of likely N-dealkylation sites (tertiary alicyclic amines) is 1. The van der Waals surface area contributed by atoms with Crippen LogP contribution >= 0.6 is 24.0 Å². The molecule has 3 rings (SSSR count). The molecule has 1 atom stereocenters. The molecule has 0 bridgehead atoms. The summed E-state index contributed by atoms with van der Waals surface area (Å²) in [6.45, 7) is 6.67. The van der Waals surface area contributed by atoms with E-state index in [0.29, 0.717) is 12.2 Å². The first-order chi connectivity index (χ1) is 12.8.